The second-order valence-electron chi connectivity index (χ2n) is 4.29. The molecule has 0 aliphatic carbocycles. The molecule has 1 saturated heterocycles. The van der Waals surface area contributed by atoms with Crippen LogP contribution in [0.4, 0.5) is 0 Å². The van der Waals surface area contributed by atoms with Crippen LogP contribution in [0.15, 0.2) is 24.3 Å². The third-order valence-electron chi connectivity index (χ3n) is 3.02. The fourth-order valence-electron chi connectivity index (χ4n) is 2.05. The topological polar surface area (TPSA) is 41.5 Å². The smallest absolute Gasteiger partial charge is 0.124 e. The first-order valence-electron chi connectivity index (χ1n) is 5.92. The molecule has 0 amide bonds. The number of piperidine rings is 1. The van der Waals surface area contributed by atoms with Gasteiger partial charge in [0.2, 0.25) is 0 Å². The largest absolute Gasteiger partial charge is 0.493 e. The van der Waals surface area contributed by atoms with Crippen LogP contribution in [-0.4, -0.2) is 24.8 Å². The van der Waals surface area contributed by atoms with E-state index in [1.807, 2.05) is 24.3 Å². The Labute approximate surface area is 96.4 Å². The van der Waals surface area contributed by atoms with E-state index in [0.29, 0.717) is 5.92 Å². The maximum Gasteiger partial charge on any atom is 0.124 e. The first-order valence-corrected chi connectivity index (χ1v) is 5.92. The van der Waals surface area contributed by atoms with Crippen molar-refractivity contribution in [3.05, 3.63) is 29.8 Å². The lowest BCUT2D eigenvalue weighted by atomic mass is 10.0. The molecular weight excluding hydrogens is 202 g/mol. The minimum absolute atomic E-state index is 0.0408. The lowest BCUT2D eigenvalue weighted by Gasteiger charge is -2.23. The van der Waals surface area contributed by atoms with Crippen LogP contribution in [-0.2, 0) is 6.61 Å². The number of aliphatic hydroxyl groups excluding tert-OH is 1. The van der Waals surface area contributed by atoms with Gasteiger partial charge in [-0.05, 0) is 25.5 Å². The lowest BCUT2D eigenvalue weighted by molar-refractivity contribution is 0.209. The normalized spacial score (nSPS) is 20.7. The van der Waals surface area contributed by atoms with Gasteiger partial charge in [0.05, 0.1) is 13.2 Å². The lowest BCUT2D eigenvalue weighted by Crippen LogP contribution is -2.33. The summed E-state index contributed by atoms with van der Waals surface area (Å²) in [7, 11) is 0. The summed E-state index contributed by atoms with van der Waals surface area (Å²) < 4.78 is 5.77. The van der Waals surface area contributed by atoms with Gasteiger partial charge in [-0.15, -0.1) is 0 Å². The summed E-state index contributed by atoms with van der Waals surface area (Å²) in [6.07, 6.45) is 2.46. The van der Waals surface area contributed by atoms with Gasteiger partial charge in [-0.3, -0.25) is 0 Å². The van der Waals surface area contributed by atoms with Gasteiger partial charge in [0.25, 0.3) is 0 Å². The van der Waals surface area contributed by atoms with Gasteiger partial charge in [-0.25, -0.2) is 0 Å². The third kappa shape index (κ3) is 2.97. The molecule has 1 aliphatic heterocycles. The zero-order valence-corrected chi connectivity index (χ0v) is 9.48. The van der Waals surface area contributed by atoms with Crippen molar-refractivity contribution in [3.8, 4) is 5.75 Å². The van der Waals surface area contributed by atoms with E-state index in [0.717, 1.165) is 31.0 Å². The first kappa shape index (κ1) is 11.4. The van der Waals surface area contributed by atoms with Crippen molar-refractivity contribution >= 4 is 0 Å². The average molecular weight is 221 g/mol. The molecule has 1 unspecified atom stereocenters. The fraction of sp³-hybridized carbons (Fsp3) is 0.538. The Balaban J connectivity index is 1.88. The van der Waals surface area contributed by atoms with Crippen molar-refractivity contribution < 1.29 is 9.84 Å². The van der Waals surface area contributed by atoms with Crippen LogP contribution in [0.5, 0.6) is 5.75 Å². The maximum absolute atomic E-state index is 9.16. The highest BCUT2D eigenvalue weighted by Gasteiger charge is 2.14. The Morgan fingerprint density at radius 3 is 3.00 bits per heavy atom. The third-order valence-corrected chi connectivity index (χ3v) is 3.02. The highest BCUT2D eigenvalue weighted by Crippen LogP contribution is 2.19. The highest BCUT2D eigenvalue weighted by atomic mass is 16.5. The van der Waals surface area contributed by atoms with E-state index >= 15 is 0 Å². The summed E-state index contributed by atoms with van der Waals surface area (Å²) in [6.45, 7) is 2.95. The van der Waals surface area contributed by atoms with Crippen molar-refractivity contribution in [3.63, 3.8) is 0 Å². The second-order valence-corrected chi connectivity index (χ2v) is 4.29. The zero-order valence-electron chi connectivity index (χ0n) is 9.48. The first-order chi connectivity index (χ1) is 7.90. The van der Waals surface area contributed by atoms with Gasteiger partial charge < -0.3 is 15.2 Å². The van der Waals surface area contributed by atoms with Crippen LogP contribution in [0, 0.1) is 5.92 Å². The molecule has 0 radical (unpaired) electrons. The van der Waals surface area contributed by atoms with Gasteiger partial charge >= 0.3 is 0 Å². The molecule has 1 fully saturated rings. The van der Waals surface area contributed by atoms with Gasteiger partial charge in [0.15, 0.2) is 0 Å². The molecule has 1 heterocycles. The molecule has 1 atom stereocenters. The van der Waals surface area contributed by atoms with Gasteiger partial charge in [-0.2, -0.15) is 0 Å². The van der Waals surface area contributed by atoms with Gasteiger partial charge in [-0.1, -0.05) is 18.2 Å². The Morgan fingerprint density at radius 2 is 2.25 bits per heavy atom. The van der Waals surface area contributed by atoms with Gasteiger partial charge in [0.1, 0.15) is 5.75 Å². The Morgan fingerprint density at radius 1 is 1.38 bits per heavy atom. The molecule has 3 heteroatoms. The molecule has 2 rings (SSSR count). The SMILES string of the molecule is OCc1ccccc1OCC1CCCNC1. The summed E-state index contributed by atoms with van der Waals surface area (Å²) in [5, 5.41) is 12.5. The Kier molecular flexibility index (Phi) is 4.19. The quantitative estimate of drug-likeness (QED) is 0.810. The van der Waals surface area contributed by atoms with Crippen molar-refractivity contribution in [2.24, 2.45) is 5.92 Å². The number of hydrogen-bond acceptors (Lipinski definition) is 3. The molecule has 0 saturated carbocycles. The van der Waals surface area contributed by atoms with Crippen molar-refractivity contribution in [2.45, 2.75) is 19.4 Å². The molecule has 0 aromatic heterocycles. The number of aliphatic hydroxyl groups is 1. The summed E-state index contributed by atoms with van der Waals surface area (Å²) in [5.74, 6) is 1.41. The van der Waals surface area contributed by atoms with Crippen LogP contribution in [0.25, 0.3) is 0 Å². The number of rotatable bonds is 4. The summed E-state index contributed by atoms with van der Waals surface area (Å²) in [5.41, 5.74) is 0.867. The predicted molar refractivity (Wildman–Crippen MR) is 63.5 cm³/mol. The Bertz CT molecular complexity index is 321. The molecule has 2 N–H and O–H groups in total. The zero-order chi connectivity index (χ0) is 11.2. The number of nitrogens with one attached hydrogen (secondary N) is 1. The predicted octanol–water partition coefficient (Wildman–Crippen LogP) is 1.56. The molecule has 3 nitrogen and oxygen atoms in total. The van der Waals surface area contributed by atoms with Crippen LogP contribution in [0.3, 0.4) is 0 Å². The Hall–Kier alpha value is -1.06. The van der Waals surface area contributed by atoms with E-state index in [4.69, 9.17) is 9.84 Å². The van der Waals surface area contributed by atoms with Crippen molar-refractivity contribution in [1.29, 1.82) is 0 Å². The van der Waals surface area contributed by atoms with Crippen LogP contribution >= 0.6 is 0 Å². The molecular formula is C13H19NO2. The van der Waals surface area contributed by atoms with E-state index in [2.05, 4.69) is 5.32 Å². The van der Waals surface area contributed by atoms with Crippen LogP contribution in [0.2, 0.25) is 0 Å². The van der Waals surface area contributed by atoms with E-state index in [1.54, 1.807) is 0 Å². The van der Waals surface area contributed by atoms with Gasteiger partial charge in [0, 0.05) is 18.0 Å². The molecule has 1 aromatic carbocycles. The molecule has 1 aliphatic rings. The number of para-hydroxylation sites is 1. The van der Waals surface area contributed by atoms with Crippen molar-refractivity contribution in [2.75, 3.05) is 19.7 Å². The molecule has 16 heavy (non-hydrogen) atoms. The molecule has 88 valence electrons. The fourth-order valence-corrected chi connectivity index (χ4v) is 2.05. The monoisotopic (exact) mass is 221 g/mol. The number of benzene rings is 1. The average Bonchev–Trinajstić information content (AvgIpc) is 2.38. The van der Waals surface area contributed by atoms with E-state index < -0.39 is 0 Å². The van der Waals surface area contributed by atoms with Crippen molar-refractivity contribution in [1.82, 2.24) is 5.32 Å². The van der Waals surface area contributed by atoms with E-state index in [1.165, 1.54) is 12.8 Å². The minimum atomic E-state index is 0.0408. The van der Waals surface area contributed by atoms with E-state index in [9.17, 15) is 0 Å². The van der Waals surface area contributed by atoms with Crippen LogP contribution in [0.1, 0.15) is 18.4 Å². The second kappa shape index (κ2) is 5.87. The maximum atomic E-state index is 9.16. The minimum Gasteiger partial charge on any atom is -0.493 e. The highest BCUT2D eigenvalue weighted by molar-refractivity contribution is 5.32. The van der Waals surface area contributed by atoms with Crippen LogP contribution < -0.4 is 10.1 Å². The molecule has 1 aromatic rings. The number of hydrogen-bond donors (Lipinski definition) is 2. The summed E-state index contributed by atoms with van der Waals surface area (Å²) in [4.78, 5) is 0. The summed E-state index contributed by atoms with van der Waals surface area (Å²) >= 11 is 0. The van der Waals surface area contributed by atoms with E-state index in [-0.39, 0.29) is 6.61 Å². The number of ether oxygens (including phenoxy) is 1. The molecule has 0 bridgehead atoms. The summed E-state index contributed by atoms with van der Waals surface area (Å²) in [6, 6.07) is 7.67. The standard InChI is InChI=1S/C13H19NO2/c15-9-12-5-1-2-6-13(12)16-10-11-4-3-7-14-8-11/h1-2,5-6,11,14-15H,3-4,7-10H2. The molecule has 0 spiro atoms.